The van der Waals surface area contributed by atoms with Crippen LogP contribution >= 0.6 is 0 Å². The van der Waals surface area contributed by atoms with Crippen molar-refractivity contribution in [2.75, 3.05) is 39.3 Å². The summed E-state index contributed by atoms with van der Waals surface area (Å²) < 4.78 is 11.5. The van der Waals surface area contributed by atoms with Gasteiger partial charge in [0.1, 0.15) is 12.4 Å². The van der Waals surface area contributed by atoms with Gasteiger partial charge < -0.3 is 9.15 Å². The van der Waals surface area contributed by atoms with Gasteiger partial charge in [-0.05, 0) is 25.5 Å². The van der Waals surface area contributed by atoms with Gasteiger partial charge in [0.05, 0.1) is 6.04 Å². The van der Waals surface area contributed by atoms with Crippen LogP contribution in [0.3, 0.4) is 0 Å². The summed E-state index contributed by atoms with van der Waals surface area (Å²) in [6, 6.07) is 8.34. The second-order valence-corrected chi connectivity index (χ2v) is 6.33. The van der Waals surface area contributed by atoms with Gasteiger partial charge in [0, 0.05) is 39.6 Å². The van der Waals surface area contributed by atoms with Crippen molar-refractivity contribution >= 4 is 0 Å². The standard InChI is InChI=1S/C18H26N4O2/c1-14-6-4-5-7-17(14)23-13-12-21-8-10-22(11-9-21)15(2)18-20-19-16(3)24-18/h4-7,15H,8-13H2,1-3H3. The second-order valence-electron chi connectivity index (χ2n) is 6.33. The largest absolute Gasteiger partial charge is 0.492 e. The van der Waals surface area contributed by atoms with Crippen molar-refractivity contribution < 1.29 is 9.15 Å². The van der Waals surface area contributed by atoms with Crippen molar-refractivity contribution in [3.8, 4) is 5.75 Å². The van der Waals surface area contributed by atoms with Gasteiger partial charge in [-0.25, -0.2) is 0 Å². The summed E-state index contributed by atoms with van der Waals surface area (Å²) in [5, 5.41) is 8.06. The number of hydrogen-bond acceptors (Lipinski definition) is 6. The Morgan fingerprint density at radius 3 is 2.54 bits per heavy atom. The van der Waals surface area contributed by atoms with Gasteiger partial charge in [0.25, 0.3) is 0 Å². The lowest BCUT2D eigenvalue weighted by molar-refractivity contribution is 0.0821. The van der Waals surface area contributed by atoms with Crippen molar-refractivity contribution in [3.05, 3.63) is 41.6 Å². The number of aryl methyl sites for hydroxylation is 2. The van der Waals surface area contributed by atoms with Crippen LogP contribution in [0.15, 0.2) is 28.7 Å². The third-order valence-electron chi connectivity index (χ3n) is 4.61. The number of benzene rings is 1. The van der Waals surface area contributed by atoms with Crippen molar-refractivity contribution in [3.63, 3.8) is 0 Å². The summed E-state index contributed by atoms with van der Waals surface area (Å²) in [4.78, 5) is 4.84. The molecular weight excluding hydrogens is 304 g/mol. The van der Waals surface area contributed by atoms with Crippen LogP contribution in [0.5, 0.6) is 5.75 Å². The van der Waals surface area contributed by atoms with Gasteiger partial charge in [-0.1, -0.05) is 18.2 Å². The molecule has 2 heterocycles. The quantitative estimate of drug-likeness (QED) is 0.811. The molecule has 1 aromatic heterocycles. The molecular formula is C18H26N4O2. The first-order chi connectivity index (χ1) is 11.6. The minimum absolute atomic E-state index is 0.177. The van der Waals surface area contributed by atoms with Crippen molar-refractivity contribution in [2.45, 2.75) is 26.8 Å². The summed E-state index contributed by atoms with van der Waals surface area (Å²) in [7, 11) is 0. The number of hydrogen-bond donors (Lipinski definition) is 0. The first kappa shape index (κ1) is 16.9. The van der Waals surface area contributed by atoms with Gasteiger partial charge in [0.15, 0.2) is 0 Å². The Bertz CT molecular complexity index is 650. The molecule has 0 N–H and O–H groups in total. The average molecular weight is 330 g/mol. The molecule has 3 rings (SSSR count). The number of para-hydroxylation sites is 1. The van der Waals surface area contributed by atoms with Crippen LogP contribution in [0.4, 0.5) is 0 Å². The molecule has 0 amide bonds. The maximum absolute atomic E-state index is 5.90. The highest BCUT2D eigenvalue weighted by atomic mass is 16.5. The zero-order valence-electron chi connectivity index (χ0n) is 14.7. The molecule has 0 saturated carbocycles. The molecule has 1 aliphatic heterocycles. The van der Waals surface area contributed by atoms with Crippen molar-refractivity contribution in [1.29, 1.82) is 0 Å². The Balaban J connectivity index is 1.41. The molecule has 2 aromatic rings. The van der Waals surface area contributed by atoms with Crippen LogP contribution in [0.25, 0.3) is 0 Å². The van der Waals surface area contributed by atoms with Crippen molar-refractivity contribution in [2.24, 2.45) is 0 Å². The van der Waals surface area contributed by atoms with E-state index in [1.165, 1.54) is 5.56 Å². The Morgan fingerprint density at radius 1 is 1.12 bits per heavy atom. The van der Waals surface area contributed by atoms with Crippen LogP contribution in [0.1, 0.15) is 30.3 Å². The van der Waals surface area contributed by atoms with E-state index < -0.39 is 0 Å². The fraction of sp³-hybridized carbons (Fsp3) is 0.556. The SMILES string of the molecule is Cc1nnc(C(C)N2CCN(CCOc3ccccc3C)CC2)o1. The molecule has 6 heteroatoms. The maximum Gasteiger partial charge on any atom is 0.233 e. The average Bonchev–Trinajstić information content (AvgIpc) is 3.03. The maximum atomic E-state index is 5.90. The number of piperazine rings is 1. The Kier molecular flexibility index (Phi) is 5.48. The van der Waals surface area contributed by atoms with Crippen LogP contribution in [0.2, 0.25) is 0 Å². The van der Waals surface area contributed by atoms with E-state index in [0.717, 1.165) is 45.1 Å². The molecule has 1 unspecified atom stereocenters. The molecule has 24 heavy (non-hydrogen) atoms. The third kappa shape index (κ3) is 4.13. The van der Waals surface area contributed by atoms with E-state index in [0.29, 0.717) is 11.8 Å². The third-order valence-corrected chi connectivity index (χ3v) is 4.61. The minimum atomic E-state index is 0.177. The Hall–Kier alpha value is -1.92. The first-order valence-electron chi connectivity index (χ1n) is 8.58. The summed E-state index contributed by atoms with van der Waals surface area (Å²) in [6.07, 6.45) is 0. The normalized spacial score (nSPS) is 17.8. The molecule has 1 aromatic carbocycles. The molecule has 0 spiro atoms. The summed E-state index contributed by atoms with van der Waals surface area (Å²) in [5.74, 6) is 2.32. The van der Waals surface area contributed by atoms with Gasteiger partial charge in [-0.3, -0.25) is 9.80 Å². The fourth-order valence-corrected chi connectivity index (χ4v) is 3.01. The molecule has 6 nitrogen and oxygen atoms in total. The highest BCUT2D eigenvalue weighted by Gasteiger charge is 2.25. The zero-order valence-corrected chi connectivity index (χ0v) is 14.7. The lowest BCUT2D eigenvalue weighted by Crippen LogP contribution is -2.48. The summed E-state index contributed by atoms with van der Waals surface area (Å²) in [6.45, 7) is 11.8. The minimum Gasteiger partial charge on any atom is -0.492 e. The molecule has 1 atom stereocenters. The second kappa shape index (κ2) is 7.77. The number of ether oxygens (including phenoxy) is 1. The van der Waals surface area contributed by atoms with E-state index in [1.54, 1.807) is 0 Å². The predicted molar refractivity (Wildman–Crippen MR) is 92.1 cm³/mol. The molecule has 130 valence electrons. The number of nitrogens with zero attached hydrogens (tertiary/aromatic N) is 4. The van der Waals surface area contributed by atoms with E-state index in [1.807, 2.05) is 25.1 Å². The van der Waals surface area contributed by atoms with E-state index in [9.17, 15) is 0 Å². The Labute approximate surface area is 143 Å². The molecule has 0 radical (unpaired) electrons. The molecule has 1 aliphatic rings. The first-order valence-corrected chi connectivity index (χ1v) is 8.58. The van der Waals surface area contributed by atoms with Crippen molar-refractivity contribution in [1.82, 2.24) is 20.0 Å². The van der Waals surface area contributed by atoms with Crippen LogP contribution < -0.4 is 4.74 Å². The van der Waals surface area contributed by atoms with Gasteiger partial charge >= 0.3 is 0 Å². The number of rotatable bonds is 6. The molecule has 0 bridgehead atoms. The molecule has 0 aliphatic carbocycles. The van der Waals surface area contributed by atoms with Crippen LogP contribution in [0, 0.1) is 13.8 Å². The molecule has 1 fully saturated rings. The van der Waals surface area contributed by atoms with E-state index in [2.05, 4.69) is 39.9 Å². The van der Waals surface area contributed by atoms with E-state index >= 15 is 0 Å². The van der Waals surface area contributed by atoms with Gasteiger partial charge in [0.2, 0.25) is 11.8 Å². The smallest absolute Gasteiger partial charge is 0.233 e. The van der Waals surface area contributed by atoms with E-state index in [-0.39, 0.29) is 6.04 Å². The highest BCUT2D eigenvalue weighted by molar-refractivity contribution is 5.31. The predicted octanol–water partition coefficient (Wildman–Crippen LogP) is 2.44. The summed E-state index contributed by atoms with van der Waals surface area (Å²) in [5.41, 5.74) is 1.19. The lowest BCUT2D eigenvalue weighted by atomic mass is 10.2. The summed E-state index contributed by atoms with van der Waals surface area (Å²) >= 11 is 0. The van der Waals surface area contributed by atoms with Crippen LogP contribution in [-0.2, 0) is 0 Å². The fourth-order valence-electron chi connectivity index (χ4n) is 3.01. The van der Waals surface area contributed by atoms with E-state index in [4.69, 9.17) is 9.15 Å². The zero-order chi connectivity index (χ0) is 16.9. The lowest BCUT2D eigenvalue weighted by Gasteiger charge is -2.36. The Morgan fingerprint density at radius 2 is 1.88 bits per heavy atom. The van der Waals surface area contributed by atoms with Gasteiger partial charge in [-0.2, -0.15) is 0 Å². The number of aromatic nitrogens is 2. The topological polar surface area (TPSA) is 54.6 Å². The van der Waals surface area contributed by atoms with Gasteiger partial charge in [-0.15, -0.1) is 10.2 Å². The molecule has 1 saturated heterocycles. The van der Waals surface area contributed by atoms with Crippen LogP contribution in [-0.4, -0.2) is 59.3 Å². The monoisotopic (exact) mass is 330 g/mol. The highest BCUT2D eigenvalue weighted by Crippen LogP contribution is 2.20.